The minimum Gasteiger partial charge on any atom is -0.478 e. The van der Waals surface area contributed by atoms with E-state index < -0.39 is 5.97 Å². The minimum atomic E-state index is -1.04. The number of pyridine rings is 1. The van der Waals surface area contributed by atoms with Gasteiger partial charge in [-0.15, -0.1) is 0 Å². The fourth-order valence-electron chi connectivity index (χ4n) is 1.82. The second-order valence-electron chi connectivity index (χ2n) is 4.17. The van der Waals surface area contributed by atoms with Crippen LogP contribution in [0.15, 0.2) is 18.3 Å². The summed E-state index contributed by atoms with van der Waals surface area (Å²) in [4.78, 5) is 28.4. The van der Waals surface area contributed by atoms with Crippen LogP contribution in [0, 0.1) is 0 Å². The van der Waals surface area contributed by atoms with E-state index in [0.717, 1.165) is 17.9 Å². The molecule has 96 valence electrons. The molecule has 0 radical (unpaired) electrons. The summed E-state index contributed by atoms with van der Waals surface area (Å²) in [5.41, 5.74) is 0.380. The molecule has 2 heterocycles. The van der Waals surface area contributed by atoms with E-state index in [4.69, 9.17) is 5.11 Å². The number of carbonyl (C=O) groups is 2. The Morgan fingerprint density at radius 1 is 1.50 bits per heavy atom. The first-order valence-corrected chi connectivity index (χ1v) is 6.79. The quantitative estimate of drug-likeness (QED) is 0.894. The van der Waals surface area contributed by atoms with Gasteiger partial charge in [0.05, 0.1) is 5.56 Å². The van der Waals surface area contributed by atoms with Gasteiger partial charge in [-0.3, -0.25) is 9.78 Å². The molecular weight excluding hydrogens is 252 g/mol. The number of thioether (sulfide) groups is 1. The van der Waals surface area contributed by atoms with Crippen molar-refractivity contribution in [3.05, 3.63) is 29.6 Å². The summed E-state index contributed by atoms with van der Waals surface area (Å²) in [5, 5.41) is 8.76. The zero-order valence-electron chi connectivity index (χ0n) is 10.00. The Morgan fingerprint density at radius 2 is 2.28 bits per heavy atom. The van der Waals surface area contributed by atoms with Crippen molar-refractivity contribution in [3.63, 3.8) is 0 Å². The second kappa shape index (κ2) is 5.39. The Bertz CT molecular complexity index is 455. The SMILES string of the molecule is CN(C(=O)c1ccc(C(=O)O)cn1)C1CCSC1. The van der Waals surface area contributed by atoms with Gasteiger partial charge in [0, 0.05) is 25.0 Å². The fourth-order valence-corrected chi connectivity index (χ4v) is 3.09. The van der Waals surface area contributed by atoms with Crippen LogP contribution in [0.25, 0.3) is 0 Å². The van der Waals surface area contributed by atoms with Gasteiger partial charge in [-0.25, -0.2) is 4.79 Å². The van der Waals surface area contributed by atoms with Crippen LogP contribution in [-0.2, 0) is 0 Å². The Labute approximate surface area is 109 Å². The van der Waals surface area contributed by atoms with E-state index in [1.807, 2.05) is 11.8 Å². The van der Waals surface area contributed by atoms with E-state index in [-0.39, 0.29) is 17.5 Å². The molecule has 0 aliphatic carbocycles. The summed E-state index contributed by atoms with van der Waals surface area (Å²) in [6.45, 7) is 0. The zero-order valence-corrected chi connectivity index (χ0v) is 10.8. The van der Waals surface area contributed by atoms with Crippen LogP contribution in [0.4, 0.5) is 0 Å². The van der Waals surface area contributed by atoms with E-state index in [0.29, 0.717) is 5.69 Å². The predicted octanol–water partition coefficient (Wildman–Crippen LogP) is 1.36. The van der Waals surface area contributed by atoms with Crippen molar-refractivity contribution in [2.75, 3.05) is 18.6 Å². The van der Waals surface area contributed by atoms with Gasteiger partial charge in [0.2, 0.25) is 0 Å². The van der Waals surface area contributed by atoms with E-state index in [2.05, 4.69) is 4.98 Å². The van der Waals surface area contributed by atoms with Crippen LogP contribution in [0.3, 0.4) is 0 Å². The van der Waals surface area contributed by atoms with Crippen molar-refractivity contribution < 1.29 is 14.7 Å². The van der Waals surface area contributed by atoms with Gasteiger partial charge in [0.15, 0.2) is 0 Å². The molecule has 1 saturated heterocycles. The normalized spacial score (nSPS) is 18.6. The standard InChI is InChI=1S/C12H14N2O3S/c1-14(9-4-5-18-7-9)11(15)10-3-2-8(6-13-10)12(16)17/h2-3,6,9H,4-5,7H2,1H3,(H,16,17). The number of amides is 1. The molecule has 0 spiro atoms. The van der Waals surface area contributed by atoms with E-state index in [9.17, 15) is 9.59 Å². The Kier molecular flexibility index (Phi) is 3.86. The third kappa shape index (κ3) is 2.64. The fraction of sp³-hybridized carbons (Fsp3) is 0.417. The lowest BCUT2D eigenvalue weighted by atomic mass is 10.2. The van der Waals surface area contributed by atoms with Crippen molar-refractivity contribution in [1.29, 1.82) is 0 Å². The molecule has 1 N–H and O–H groups in total. The number of carboxylic acids is 1. The lowest BCUT2D eigenvalue weighted by Gasteiger charge is -2.23. The van der Waals surface area contributed by atoms with Crippen LogP contribution >= 0.6 is 11.8 Å². The van der Waals surface area contributed by atoms with Crippen LogP contribution in [0.1, 0.15) is 27.3 Å². The maximum atomic E-state index is 12.1. The predicted molar refractivity (Wildman–Crippen MR) is 69.0 cm³/mol. The third-order valence-electron chi connectivity index (χ3n) is 3.00. The summed E-state index contributed by atoms with van der Waals surface area (Å²) < 4.78 is 0. The van der Waals surface area contributed by atoms with E-state index in [1.165, 1.54) is 18.3 Å². The lowest BCUT2D eigenvalue weighted by Crippen LogP contribution is -2.37. The van der Waals surface area contributed by atoms with Gasteiger partial charge in [-0.2, -0.15) is 11.8 Å². The molecule has 1 fully saturated rings. The molecule has 1 aliphatic rings. The molecule has 6 heteroatoms. The van der Waals surface area contributed by atoms with Gasteiger partial charge >= 0.3 is 5.97 Å². The molecule has 1 aliphatic heterocycles. The summed E-state index contributed by atoms with van der Waals surface area (Å²) >= 11 is 1.84. The van der Waals surface area contributed by atoms with Gasteiger partial charge in [0.1, 0.15) is 5.69 Å². The summed E-state index contributed by atoms with van der Waals surface area (Å²) in [7, 11) is 1.77. The van der Waals surface area contributed by atoms with Crippen molar-refractivity contribution in [3.8, 4) is 0 Å². The second-order valence-corrected chi connectivity index (χ2v) is 5.32. The first-order chi connectivity index (χ1) is 8.59. The molecule has 5 nitrogen and oxygen atoms in total. The van der Waals surface area contributed by atoms with Crippen LogP contribution in [-0.4, -0.2) is 51.5 Å². The highest BCUT2D eigenvalue weighted by molar-refractivity contribution is 7.99. The number of carboxylic acid groups (broad SMARTS) is 1. The maximum Gasteiger partial charge on any atom is 0.337 e. The van der Waals surface area contributed by atoms with Crippen LogP contribution in [0.2, 0.25) is 0 Å². The molecule has 0 aromatic carbocycles. The highest BCUT2D eigenvalue weighted by Crippen LogP contribution is 2.22. The minimum absolute atomic E-state index is 0.0885. The molecule has 1 amide bonds. The highest BCUT2D eigenvalue weighted by Gasteiger charge is 2.25. The lowest BCUT2D eigenvalue weighted by molar-refractivity contribution is 0.0691. The molecule has 2 rings (SSSR count). The van der Waals surface area contributed by atoms with Crippen molar-refractivity contribution >= 4 is 23.6 Å². The molecular formula is C12H14N2O3S. The topological polar surface area (TPSA) is 70.5 Å². The van der Waals surface area contributed by atoms with Crippen molar-refractivity contribution in [1.82, 2.24) is 9.88 Å². The Hall–Kier alpha value is -1.56. The maximum absolute atomic E-state index is 12.1. The van der Waals surface area contributed by atoms with Crippen LogP contribution in [0.5, 0.6) is 0 Å². The largest absolute Gasteiger partial charge is 0.478 e. The zero-order chi connectivity index (χ0) is 13.1. The number of aromatic carboxylic acids is 1. The molecule has 18 heavy (non-hydrogen) atoms. The van der Waals surface area contributed by atoms with E-state index in [1.54, 1.807) is 11.9 Å². The van der Waals surface area contributed by atoms with Gasteiger partial charge < -0.3 is 10.0 Å². The Morgan fingerprint density at radius 3 is 2.78 bits per heavy atom. The average molecular weight is 266 g/mol. The van der Waals surface area contributed by atoms with Gasteiger partial charge in [-0.05, 0) is 24.3 Å². The average Bonchev–Trinajstić information content (AvgIpc) is 2.91. The van der Waals surface area contributed by atoms with Gasteiger partial charge in [0.25, 0.3) is 5.91 Å². The van der Waals surface area contributed by atoms with E-state index >= 15 is 0 Å². The molecule has 1 atom stereocenters. The smallest absolute Gasteiger partial charge is 0.337 e. The number of carbonyl (C=O) groups excluding carboxylic acids is 1. The molecule has 0 saturated carbocycles. The van der Waals surface area contributed by atoms with Crippen molar-refractivity contribution in [2.45, 2.75) is 12.5 Å². The first-order valence-electron chi connectivity index (χ1n) is 5.64. The summed E-state index contributed by atoms with van der Waals surface area (Å²) in [5.74, 6) is 0.838. The number of hydrogen-bond donors (Lipinski definition) is 1. The van der Waals surface area contributed by atoms with Crippen molar-refractivity contribution in [2.24, 2.45) is 0 Å². The molecule has 1 unspecified atom stereocenters. The Balaban J connectivity index is 2.10. The summed E-state index contributed by atoms with van der Waals surface area (Å²) in [6, 6.07) is 3.12. The number of hydrogen-bond acceptors (Lipinski definition) is 4. The third-order valence-corrected chi connectivity index (χ3v) is 4.15. The van der Waals surface area contributed by atoms with Gasteiger partial charge in [-0.1, -0.05) is 0 Å². The first kappa shape index (κ1) is 12.9. The number of rotatable bonds is 3. The van der Waals surface area contributed by atoms with Crippen LogP contribution < -0.4 is 0 Å². The highest BCUT2D eigenvalue weighted by atomic mass is 32.2. The summed E-state index contributed by atoms with van der Waals surface area (Å²) in [6.07, 6.45) is 2.22. The monoisotopic (exact) mass is 266 g/mol. The molecule has 0 bridgehead atoms. The number of aromatic nitrogens is 1. The number of nitrogens with zero attached hydrogens (tertiary/aromatic N) is 2. The molecule has 1 aromatic heterocycles. The molecule has 1 aromatic rings.